The van der Waals surface area contributed by atoms with E-state index >= 15 is 0 Å². The molecule has 0 aliphatic carbocycles. The average Bonchev–Trinajstić information content (AvgIpc) is 2.35. The zero-order valence-corrected chi connectivity index (χ0v) is 8.17. The van der Waals surface area contributed by atoms with Gasteiger partial charge in [-0.2, -0.15) is 0 Å². The number of thiazole rings is 1. The molecule has 0 N–H and O–H groups in total. The lowest BCUT2D eigenvalue weighted by molar-refractivity contribution is 1.26. The molecule has 0 aliphatic rings. The molecule has 0 aliphatic heterocycles. The van der Waals surface area contributed by atoms with Gasteiger partial charge < -0.3 is 0 Å². The van der Waals surface area contributed by atoms with E-state index in [1.165, 1.54) is 0 Å². The molecule has 0 spiro atoms. The third-order valence-electron chi connectivity index (χ3n) is 1.24. The Hall–Kier alpha value is -0.340. The van der Waals surface area contributed by atoms with Crippen molar-refractivity contribution in [1.29, 1.82) is 0 Å². The Kier molecular flexibility index (Phi) is 3.09. The fraction of sp³-hybridized carbons (Fsp3) is 0.375. The third kappa shape index (κ3) is 2.64. The van der Waals surface area contributed by atoms with E-state index in [1.807, 2.05) is 25.3 Å². The number of aryl methyl sites for hydroxylation is 1. The van der Waals surface area contributed by atoms with Gasteiger partial charge in [-0.05, 0) is 19.9 Å². The summed E-state index contributed by atoms with van der Waals surface area (Å²) in [5.41, 5.74) is 2.17. The SMILES string of the molecule is C/C(=C\c1csc(C)n1)CCl. The summed E-state index contributed by atoms with van der Waals surface area (Å²) in [7, 11) is 0. The van der Waals surface area contributed by atoms with Gasteiger partial charge in [-0.3, -0.25) is 0 Å². The minimum Gasteiger partial charge on any atom is -0.242 e. The molecule has 1 rings (SSSR count). The minimum atomic E-state index is 0.580. The summed E-state index contributed by atoms with van der Waals surface area (Å²) in [6.07, 6.45) is 2.01. The first kappa shape index (κ1) is 8.75. The summed E-state index contributed by atoms with van der Waals surface area (Å²) >= 11 is 7.27. The topological polar surface area (TPSA) is 12.9 Å². The lowest BCUT2D eigenvalue weighted by Gasteiger charge is -1.89. The Balaban J connectivity index is 2.78. The number of halogens is 1. The molecule has 0 unspecified atom stereocenters. The van der Waals surface area contributed by atoms with Crippen molar-refractivity contribution < 1.29 is 0 Å². The number of hydrogen-bond acceptors (Lipinski definition) is 2. The van der Waals surface area contributed by atoms with Crippen molar-refractivity contribution >= 4 is 29.0 Å². The van der Waals surface area contributed by atoms with Crippen LogP contribution in [0.15, 0.2) is 11.0 Å². The molecule has 1 heterocycles. The van der Waals surface area contributed by atoms with Crippen molar-refractivity contribution in [2.75, 3.05) is 5.88 Å². The first-order chi connectivity index (χ1) is 5.22. The van der Waals surface area contributed by atoms with Crippen LogP contribution in [0.4, 0.5) is 0 Å². The van der Waals surface area contributed by atoms with E-state index in [-0.39, 0.29) is 0 Å². The summed E-state index contributed by atoms with van der Waals surface area (Å²) in [6.45, 7) is 4.00. The quantitative estimate of drug-likeness (QED) is 0.649. The van der Waals surface area contributed by atoms with E-state index in [2.05, 4.69) is 4.98 Å². The predicted octanol–water partition coefficient (Wildman–Crippen LogP) is 3.09. The Morgan fingerprint density at radius 2 is 2.55 bits per heavy atom. The molecule has 1 aromatic rings. The van der Waals surface area contributed by atoms with Crippen LogP contribution in [-0.2, 0) is 0 Å². The van der Waals surface area contributed by atoms with Gasteiger partial charge in [0, 0.05) is 11.3 Å². The van der Waals surface area contributed by atoms with Gasteiger partial charge in [0.05, 0.1) is 10.7 Å². The van der Waals surface area contributed by atoms with Crippen molar-refractivity contribution in [3.63, 3.8) is 0 Å². The second-order valence-electron chi connectivity index (χ2n) is 2.42. The first-order valence-corrected chi connectivity index (χ1v) is 4.79. The second kappa shape index (κ2) is 3.88. The zero-order valence-electron chi connectivity index (χ0n) is 6.60. The van der Waals surface area contributed by atoms with Gasteiger partial charge in [0.15, 0.2) is 0 Å². The van der Waals surface area contributed by atoms with Crippen molar-refractivity contribution in [2.24, 2.45) is 0 Å². The van der Waals surface area contributed by atoms with Crippen LogP contribution < -0.4 is 0 Å². The summed E-state index contributed by atoms with van der Waals surface area (Å²) in [5, 5.41) is 3.13. The predicted molar refractivity (Wildman–Crippen MR) is 51.2 cm³/mol. The highest BCUT2D eigenvalue weighted by molar-refractivity contribution is 7.09. The molecule has 0 radical (unpaired) electrons. The molecule has 11 heavy (non-hydrogen) atoms. The maximum absolute atomic E-state index is 5.62. The lowest BCUT2D eigenvalue weighted by atomic mass is 10.3. The van der Waals surface area contributed by atoms with Gasteiger partial charge in [0.1, 0.15) is 0 Å². The standard InChI is InChI=1S/C8H10ClNS/c1-6(4-9)3-8-5-11-7(2)10-8/h3,5H,4H2,1-2H3/b6-3+. The van der Waals surface area contributed by atoms with Crippen molar-refractivity contribution in [3.05, 3.63) is 21.7 Å². The minimum absolute atomic E-state index is 0.580. The fourth-order valence-corrected chi connectivity index (χ4v) is 1.38. The van der Waals surface area contributed by atoms with E-state index in [0.29, 0.717) is 5.88 Å². The number of rotatable bonds is 2. The number of nitrogens with zero attached hydrogens (tertiary/aromatic N) is 1. The van der Waals surface area contributed by atoms with Gasteiger partial charge in [-0.1, -0.05) is 5.57 Å². The van der Waals surface area contributed by atoms with Crippen LogP contribution in [0.25, 0.3) is 6.08 Å². The smallest absolute Gasteiger partial charge is 0.0901 e. The van der Waals surface area contributed by atoms with Crippen LogP contribution in [0, 0.1) is 6.92 Å². The van der Waals surface area contributed by atoms with E-state index in [0.717, 1.165) is 16.3 Å². The largest absolute Gasteiger partial charge is 0.242 e. The van der Waals surface area contributed by atoms with Gasteiger partial charge in [-0.25, -0.2) is 4.98 Å². The van der Waals surface area contributed by atoms with Crippen molar-refractivity contribution in [2.45, 2.75) is 13.8 Å². The van der Waals surface area contributed by atoms with Crippen LogP contribution in [-0.4, -0.2) is 10.9 Å². The number of hydrogen-bond donors (Lipinski definition) is 0. The molecular formula is C8H10ClNS. The molecule has 0 saturated heterocycles. The summed E-state index contributed by atoms with van der Waals surface area (Å²) in [4.78, 5) is 4.28. The second-order valence-corrected chi connectivity index (χ2v) is 3.75. The Labute approximate surface area is 75.7 Å². The summed E-state index contributed by atoms with van der Waals surface area (Å²) < 4.78 is 0. The molecule has 60 valence electrons. The highest BCUT2D eigenvalue weighted by atomic mass is 35.5. The van der Waals surface area contributed by atoms with E-state index in [9.17, 15) is 0 Å². The highest BCUT2D eigenvalue weighted by Crippen LogP contribution is 2.11. The normalized spacial score (nSPS) is 12.1. The van der Waals surface area contributed by atoms with Gasteiger partial charge in [0.25, 0.3) is 0 Å². The van der Waals surface area contributed by atoms with Gasteiger partial charge in [-0.15, -0.1) is 22.9 Å². The first-order valence-electron chi connectivity index (χ1n) is 3.37. The maximum atomic E-state index is 5.62. The highest BCUT2D eigenvalue weighted by Gasteiger charge is 1.93. The van der Waals surface area contributed by atoms with Crippen molar-refractivity contribution in [3.8, 4) is 0 Å². The van der Waals surface area contributed by atoms with E-state index < -0.39 is 0 Å². The molecule has 0 amide bonds. The Morgan fingerprint density at radius 1 is 1.82 bits per heavy atom. The third-order valence-corrected chi connectivity index (χ3v) is 2.46. The van der Waals surface area contributed by atoms with Crippen LogP contribution in [0.2, 0.25) is 0 Å². The Bertz CT molecular complexity index is 265. The number of alkyl halides is 1. The molecule has 0 bridgehead atoms. The van der Waals surface area contributed by atoms with Crippen LogP contribution in [0.5, 0.6) is 0 Å². The number of aromatic nitrogens is 1. The molecule has 3 heteroatoms. The molecule has 0 saturated carbocycles. The van der Waals surface area contributed by atoms with Crippen LogP contribution in [0.1, 0.15) is 17.6 Å². The fourth-order valence-electron chi connectivity index (χ4n) is 0.737. The van der Waals surface area contributed by atoms with Crippen LogP contribution >= 0.6 is 22.9 Å². The average molecular weight is 188 g/mol. The molecule has 1 nitrogen and oxygen atoms in total. The van der Waals surface area contributed by atoms with E-state index in [4.69, 9.17) is 11.6 Å². The maximum Gasteiger partial charge on any atom is 0.0901 e. The van der Waals surface area contributed by atoms with Crippen molar-refractivity contribution in [1.82, 2.24) is 4.98 Å². The summed E-state index contributed by atoms with van der Waals surface area (Å²) in [6, 6.07) is 0. The molecular weight excluding hydrogens is 178 g/mol. The number of allylic oxidation sites excluding steroid dienone is 1. The van der Waals surface area contributed by atoms with Gasteiger partial charge in [0.2, 0.25) is 0 Å². The summed E-state index contributed by atoms with van der Waals surface area (Å²) in [5.74, 6) is 0.580. The monoisotopic (exact) mass is 187 g/mol. The van der Waals surface area contributed by atoms with E-state index in [1.54, 1.807) is 11.3 Å². The van der Waals surface area contributed by atoms with Crippen LogP contribution in [0.3, 0.4) is 0 Å². The zero-order chi connectivity index (χ0) is 8.27. The molecule has 0 aromatic carbocycles. The Morgan fingerprint density at radius 3 is 3.00 bits per heavy atom. The molecule has 0 fully saturated rings. The van der Waals surface area contributed by atoms with Gasteiger partial charge >= 0.3 is 0 Å². The molecule has 0 atom stereocenters. The molecule has 1 aromatic heterocycles. The lowest BCUT2D eigenvalue weighted by Crippen LogP contribution is -1.78.